The van der Waals surface area contributed by atoms with E-state index in [1.54, 1.807) is 0 Å². The number of anilines is 1. The zero-order chi connectivity index (χ0) is 22.2. The molecular weight excluding hydrogens is 398 g/mol. The molecule has 2 N–H and O–H groups in total. The van der Waals surface area contributed by atoms with Gasteiger partial charge in [-0.05, 0) is 46.5 Å². The van der Waals surface area contributed by atoms with Crippen LogP contribution in [-0.4, -0.2) is 17.1 Å². The zero-order valence-corrected chi connectivity index (χ0v) is 17.6. The number of benzene rings is 4. The summed E-state index contributed by atoms with van der Waals surface area (Å²) in [6, 6.07) is 34.7. The van der Waals surface area contributed by atoms with Crippen molar-refractivity contribution in [1.82, 2.24) is 0 Å². The predicted molar refractivity (Wildman–Crippen MR) is 128 cm³/mol. The van der Waals surface area contributed by atoms with Crippen molar-refractivity contribution in [3.63, 3.8) is 0 Å². The molecular formula is C28H25NO3. The molecule has 0 aliphatic heterocycles. The highest BCUT2D eigenvalue weighted by atomic mass is 16.5. The summed E-state index contributed by atoms with van der Waals surface area (Å²) in [7, 11) is 0. The lowest BCUT2D eigenvalue weighted by atomic mass is 10.0. The summed E-state index contributed by atoms with van der Waals surface area (Å²) in [6.45, 7) is 0.497. The van der Waals surface area contributed by atoms with Gasteiger partial charge in [0.15, 0.2) is 0 Å². The van der Waals surface area contributed by atoms with Gasteiger partial charge in [-0.25, -0.2) is 4.79 Å². The van der Waals surface area contributed by atoms with Crippen LogP contribution in [0, 0.1) is 0 Å². The number of rotatable bonds is 9. The lowest BCUT2D eigenvalue weighted by Crippen LogP contribution is -2.31. The fourth-order valence-corrected chi connectivity index (χ4v) is 3.52. The number of hydrogen-bond acceptors (Lipinski definition) is 3. The van der Waals surface area contributed by atoms with Crippen LogP contribution in [0.3, 0.4) is 0 Å². The Kier molecular flexibility index (Phi) is 6.83. The van der Waals surface area contributed by atoms with Crippen LogP contribution in [0.5, 0.6) is 5.75 Å². The quantitative estimate of drug-likeness (QED) is 0.345. The van der Waals surface area contributed by atoms with Crippen molar-refractivity contribution in [2.45, 2.75) is 19.1 Å². The summed E-state index contributed by atoms with van der Waals surface area (Å²) in [4.78, 5) is 11.9. The Morgan fingerprint density at radius 1 is 0.750 bits per heavy atom. The maximum atomic E-state index is 11.9. The molecule has 0 heterocycles. The van der Waals surface area contributed by atoms with E-state index in [1.807, 2.05) is 109 Å². The van der Waals surface area contributed by atoms with Gasteiger partial charge in [0.1, 0.15) is 18.4 Å². The van der Waals surface area contributed by atoms with E-state index in [2.05, 4.69) is 5.32 Å². The molecule has 0 bridgehead atoms. The SMILES string of the molecule is O=C(O)[C@H](Cc1ccc(OCc2ccccc2)cc1)Nc1cccc(-c2ccccc2)c1. The molecule has 0 aliphatic rings. The van der Waals surface area contributed by atoms with Crippen molar-refractivity contribution in [1.29, 1.82) is 0 Å². The molecule has 160 valence electrons. The third kappa shape index (κ3) is 5.76. The van der Waals surface area contributed by atoms with Gasteiger partial charge >= 0.3 is 5.97 Å². The van der Waals surface area contributed by atoms with Gasteiger partial charge in [0.05, 0.1) is 0 Å². The Hall–Kier alpha value is -4.05. The maximum Gasteiger partial charge on any atom is 0.326 e. The molecule has 0 saturated carbocycles. The largest absolute Gasteiger partial charge is 0.489 e. The molecule has 4 aromatic carbocycles. The van der Waals surface area contributed by atoms with Crippen LogP contribution < -0.4 is 10.1 Å². The molecule has 1 atom stereocenters. The summed E-state index contributed by atoms with van der Waals surface area (Å²) in [6.07, 6.45) is 0.365. The number of carboxylic acid groups (broad SMARTS) is 1. The lowest BCUT2D eigenvalue weighted by Gasteiger charge is -2.17. The second-order valence-electron chi connectivity index (χ2n) is 7.60. The lowest BCUT2D eigenvalue weighted by molar-refractivity contribution is -0.137. The number of carbonyl (C=O) groups is 1. The third-order valence-electron chi connectivity index (χ3n) is 5.22. The van der Waals surface area contributed by atoms with Crippen molar-refractivity contribution < 1.29 is 14.6 Å². The number of aliphatic carboxylic acids is 1. The summed E-state index contributed by atoms with van der Waals surface area (Å²) >= 11 is 0. The first-order valence-electron chi connectivity index (χ1n) is 10.6. The van der Waals surface area contributed by atoms with Crippen LogP contribution in [0.1, 0.15) is 11.1 Å². The van der Waals surface area contributed by atoms with Gasteiger partial charge in [0.25, 0.3) is 0 Å². The molecule has 4 heteroatoms. The second kappa shape index (κ2) is 10.3. The summed E-state index contributed by atoms with van der Waals surface area (Å²) in [5, 5.41) is 12.9. The Bertz CT molecular complexity index is 1140. The average molecular weight is 424 g/mol. The van der Waals surface area contributed by atoms with Crippen LogP contribution in [0.4, 0.5) is 5.69 Å². The molecule has 0 radical (unpaired) electrons. The smallest absolute Gasteiger partial charge is 0.326 e. The van der Waals surface area contributed by atoms with E-state index in [0.29, 0.717) is 13.0 Å². The monoisotopic (exact) mass is 423 g/mol. The van der Waals surface area contributed by atoms with E-state index in [-0.39, 0.29) is 0 Å². The first-order chi connectivity index (χ1) is 15.7. The van der Waals surface area contributed by atoms with Crippen molar-refractivity contribution in [3.8, 4) is 16.9 Å². The fraction of sp³-hybridized carbons (Fsp3) is 0.107. The molecule has 0 spiro atoms. The molecule has 4 aromatic rings. The predicted octanol–water partition coefficient (Wildman–Crippen LogP) is 6.04. The van der Waals surface area contributed by atoms with E-state index in [0.717, 1.165) is 33.7 Å². The van der Waals surface area contributed by atoms with E-state index in [4.69, 9.17) is 4.74 Å². The van der Waals surface area contributed by atoms with Gasteiger partial charge in [-0.2, -0.15) is 0 Å². The zero-order valence-electron chi connectivity index (χ0n) is 17.6. The standard InChI is InChI=1S/C28H25NO3/c30-28(31)27(29-25-13-7-12-24(19-25)23-10-5-2-6-11-23)18-21-14-16-26(17-15-21)32-20-22-8-3-1-4-9-22/h1-17,19,27,29H,18,20H2,(H,30,31)/t27-/m0/s1. The first kappa shape index (κ1) is 21.2. The number of hydrogen-bond donors (Lipinski definition) is 2. The van der Waals surface area contributed by atoms with E-state index in [9.17, 15) is 9.90 Å². The first-order valence-corrected chi connectivity index (χ1v) is 10.6. The van der Waals surface area contributed by atoms with Crippen LogP contribution in [0.25, 0.3) is 11.1 Å². The van der Waals surface area contributed by atoms with Crippen molar-refractivity contribution >= 4 is 11.7 Å². The maximum absolute atomic E-state index is 11.9. The molecule has 0 aliphatic carbocycles. The number of carboxylic acids is 1. The number of ether oxygens (including phenoxy) is 1. The minimum absolute atomic E-state index is 0.365. The molecule has 4 rings (SSSR count). The summed E-state index contributed by atoms with van der Waals surface area (Å²) in [5.41, 5.74) is 4.94. The van der Waals surface area contributed by atoms with Crippen LogP contribution in [-0.2, 0) is 17.8 Å². The molecule has 0 saturated heterocycles. The Morgan fingerprint density at radius 2 is 1.41 bits per heavy atom. The van der Waals surface area contributed by atoms with Crippen LogP contribution in [0.15, 0.2) is 109 Å². The molecule has 32 heavy (non-hydrogen) atoms. The normalized spacial score (nSPS) is 11.5. The van der Waals surface area contributed by atoms with Gasteiger partial charge < -0.3 is 15.2 Å². The highest BCUT2D eigenvalue weighted by Gasteiger charge is 2.18. The average Bonchev–Trinajstić information content (AvgIpc) is 2.84. The van der Waals surface area contributed by atoms with Gasteiger partial charge in [-0.3, -0.25) is 0 Å². The Balaban J connectivity index is 1.40. The molecule has 0 fully saturated rings. The Labute approximate surface area is 188 Å². The third-order valence-corrected chi connectivity index (χ3v) is 5.22. The minimum atomic E-state index is -0.889. The van der Waals surface area contributed by atoms with Crippen LogP contribution in [0.2, 0.25) is 0 Å². The van der Waals surface area contributed by atoms with Gasteiger partial charge in [0.2, 0.25) is 0 Å². The molecule has 0 unspecified atom stereocenters. The Morgan fingerprint density at radius 3 is 2.09 bits per heavy atom. The van der Waals surface area contributed by atoms with E-state index < -0.39 is 12.0 Å². The van der Waals surface area contributed by atoms with Gasteiger partial charge in [0, 0.05) is 12.1 Å². The van der Waals surface area contributed by atoms with Crippen molar-refractivity contribution in [2.75, 3.05) is 5.32 Å². The number of nitrogens with one attached hydrogen (secondary N) is 1. The minimum Gasteiger partial charge on any atom is -0.489 e. The van der Waals surface area contributed by atoms with Crippen LogP contribution >= 0.6 is 0 Å². The molecule has 4 nitrogen and oxygen atoms in total. The topological polar surface area (TPSA) is 58.6 Å². The highest BCUT2D eigenvalue weighted by Crippen LogP contribution is 2.23. The summed E-state index contributed by atoms with van der Waals surface area (Å²) in [5.74, 6) is -0.132. The van der Waals surface area contributed by atoms with E-state index in [1.165, 1.54) is 0 Å². The molecule has 0 amide bonds. The molecule has 0 aromatic heterocycles. The summed E-state index contributed by atoms with van der Waals surface area (Å²) < 4.78 is 5.82. The fourth-order valence-electron chi connectivity index (χ4n) is 3.52. The second-order valence-corrected chi connectivity index (χ2v) is 7.60. The van der Waals surface area contributed by atoms with Crippen molar-refractivity contribution in [2.24, 2.45) is 0 Å². The van der Waals surface area contributed by atoms with Crippen molar-refractivity contribution in [3.05, 3.63) is 120 Å². The van der Waals surface area contributed by atoms with E-state index >= 15 is 0 Å². The highest BCUT2D eigenvalue weighted by molar-refractivity contribution is 5.78. The van der Waals surface area contributed by atoms with Gasteiger partial charge in [-0.1, -0.05) is 84.9 Å². The van der Waals surface area contributed by atoms with Gasteiger partial charge in [-0.15, -0.1) is 0 Å².